The normalized spacial score (nSPS) is 15.0. The number of carboxylic acids is 1. The molecule has 0 spiro atoms. The maximum absolute atomic E-state index is 13.7. The van der Waals surface area contributed by atoms with Crippen molar-refractivity contribution in [3.63, 3.8) is 0 Å². The van der Waals surface area contributed by atoms with Crippen LogP contribution in [0.4, 0.5) is 4.79 Å². The molecule has 3 rings (SSSR count). The quantitative estimate of drug-likeness (QED) is 0.0878. The molecule has 0 bridgehead atoms. The number of carbonyl (C=O) groups is 4. The predicted molar refractivity (Wildman–Crippen MR) is 183 cm³/mol. The molecule has 1 aliphatic carbocycles. The van der Waals surface area contributed by atoms with Crippen LogP contribution in [0.3, 0.4) is 0 Å². The van der Waals surface area contributed by atoms with Crippen LogP contribution in [-0.2, 0) is 29.0 Å². The summed E-state index contributed by atoms with van der Waals surface area (Å²) in [5.74, 6) is -3.80. The van der Waals surface area contributed by atoms with Crippen molar-refractivity contribution in [3.8, 4) is 11.1 Å². The van der Waals surface area contributed by atoms with Gasteiger partial charge in [-0.1, -0.05) is 74.9 Å². The molecule has 0 heterocycles. The van der Waals surface area contributed by atoms with Gasteiger partial charge in [0.25, 0.3) is 0 Å². The van der Waals surface area contributed by atoms with Gasteiger partial charge in [0.2, 0.25) is 5.91 Å². The predicted octanol–water partition coefficient (Wildman–Crippen LogP) is 3.09. The maximum Gasteiger partial charge on any atom is 0.407 e. The van der Waals surface area contributed by atoms with Crippen molar-refractivity contribution in [2.24, 2.45) is 28.3 Å². The Bertz CT molecular complexity index is 1590. The number of benzene rings is 2. The zero-order chi connectivity index (χ0) is 35.4. The molecule has 0 saturated heterocycles. The summed E-state index contributed by atoms with van der Waals surface area (Å²) in [6.45, 7) is 3.87. The molecule has 0 aliphatic heterocycles. The molecular weight excluding hydrogens is 638 g/mol. The minimum Gasteiger partial charge on any atom is -0.481 e. The summed E-state index contributed by atoms with van der Waals surface area (Å²) in [6.07, 6.45) is 1.44. The van der Waals surface area contributed by atoms with Crippen LogP contribution in [0.2, 0.25) is 0 Å². The van der Waals surface area contributed by atoms with Gasteiger partial charge in [0.1, 0.15) is 6.61 Å². The average molecular weight is 684 g/mol. The van der Waals surface area contributed by atoms with Crippen LogP contribution in [-0.4, -0.2) is 74.7 Å². The van der Waals surface area contributed by atoms with Crippen LogP contribution >= 0.6 is 0 Å². The van der Waals surface area contributed by atoms with Gasteiger partial charge < -0.3 is 31.9 Å². The first-order chi connectivity index (χ1) is 22.7. The summed E-state index contributed by atoms with van der Waals surface area (Å²) in [7, 11) is -3.59. The molecule has 1 aliphatic rings. The van der Waals surface area contributed by atoms with Crippen LogP contribution < -0.4 is 22.1 Å². The van der Waals surface area contributed by atoms with E-state index in [2.05, 4.69) is 15.6 Å². The smallest absolute Gasteiger partial charge is 0.407 e. The lowest BCUT2D eigenvalue weighted by atomic mass is 9.84. The van der Waals surface area contributed by atoms with Crippen LogP contribution in [0.1, 0.15) is 63.0 Å². The number of hydrogen-bond acceptors (Lipinski definition) is 8. The lowest BCUT2D eigenvalue weighted by Gasteiger charge is -2.26. The van der Waals surface area contributed by atoms with E-state index in [9.17, 15) is 32.7 Å². The van der Waals surface area contributed by atoms with Crippen LogP contribution in [0.25, 0.3) is 11.1 Å². The van der Waals surface area contributed by atoms with Crippen LogP contribution in [0, 0.1) is 11.8 Å². The second kappa shape index (κ2) is 17.4. The molecule has 2 aromatic carbocycles. The van der Waals surface area contributed by atoms with E-state index in [1.807, 2.05) is 55.5 Å². The number of Topliss-reactive ketones (excluding diaryl/α,β-unsaturated/α-hetero) is 1. The number of rotatable bonds is 18. The van der Waals surface area contributed by atoms with Gasteiger partial charge in [0.15, 0.2) is 21.6 Å². The molecular formula is C34H45N5O8S. The van der Waals surface area contributed by atoms with Crippen molar-refractivity contribution in [1.82, 2.24) is 10.6 Å². The molecule has 4 atom stereocenters. The van der Waals surface area contributed by atoms with E-state index >= 15 is 0 Å². The summed E-state index contributed by atoms with van der Waals surface area (Å²) >= 11 is 0. The van der Waals surface area contributed by atoms with Crippen molar-refractivity contribution in [2.75, 3.05) is 19.4 Å². The SMILES string of the molecule is CCC(C)[C@@H](CC(=O)[C@H](CCCN=C(N)N)NC(=O)OCC1c2ccccc2-c2ccccc21)C(=O)N[C@H](/C=C/S(C)(=O)=O)CC(=O)O. The number of aliphatic carboxylic acids is 1. The van der Waals surface area contributed by atoms with E-state index in [1.54, 1.807) is 6.92 Å². The first kappa shape index (κ1) is 37.7. The number of carbonyl (C=O) groups excluding carboxylic acids is 3. The fourth-order valence-corrected chi connectivity index (χ4v) is 6.15. The number of alkyl carbamates (subject to hydrolysis) is 1. The van der Waals surface area contributed by atoms with E-state index in [0.29, 0.717) is 12.8 Å². The monoisotopic (exact) mass is 683 g/mol. The lowest BCUT2D eigenvalue weighted by Crippen LogP contribution is -2.46. The zero-order valence-electron chi connectivity index (χ0n) is 27.4. The van der Waals surface area contributed by atoms with E-state index in [0.717, 1.165) is 40.0 Å². The molecule has 7 N–H and O–H groups in total. The van der Waals surface area contributed by atoms with Crippen molar-refractivity contribution in [3.05, 3.63) is 71.1 Å². The standard InChI is InChI=1S/C34H45N5O8S/c1-4-21(2)27(32(43)38-22(18-31(41)42)15-17-48(3,45)46)19-30(40)29(14-9-16-37-33(35)36)39-34(44)47-20-28-25-12-7-5-10-23(25)24-11-6-8-13-26(24)28/h5-8,10-13,15,17,21-22,27-29H,4,9,14,16,18-20H2,1-3H3,(H,38,43)(H,39,44)(H,41,42)(H4,35,36,37)/b17-15+/t21?,22-,27-,29+/m1/s1. The van der Waals surface area contributed by atoms with Crippen LogP contribution in [0.5, 0.6) is 0 Å². The van der Waals surface area contributed by atoms with Gasteiger partial charge in [0, 0.05) is 36.5 Å². The minimum atomic E-state index is -3.59. The number of guanidine groups is 1. The maximum atomic E-state index is 13.7. The van der Waals surface area contributed by atoms with Crippen molar-refractivity contribution in [1.29, 1.82) is 0 Å². The van der Waals surface area contributed by atoms with Gasteiger partial charge in [-0.2, -0.15) is 0 Å². The lowest BCUT2D eigenvalue weighted by molar-refractivity contribution is -0.138. The highest BCUT2D eigenvalue weighted by atomic mass is 32.2. The highest BCUT2D eigenvalue weighted by Crippen LogP contribution is 2.44. The summed E-state index contributed by atoms with van der Waals surface area (Å²) in [5, 5.41) is 15.4. The molecule has 0 fully saturated rings. The first-order valence-electron chi connectivity index (χ1n) is 15.8. The molecule has 1 unspecified atom stereocenters. The van der Waals surface area contributed by atoms with Crippen LogP contribution in [0.15, 0.2) is 65.0 Å². The number of ether oxygens (including phenoxy) is 1. The fourth-order valence-electron chi connectivity index (χ4n) is 5.68. The average Bonchev–Trinajstić information content (AvgIpc) is 3.35. The molecule has 2 aromatic rings. The van der Waals surface area contributed by atoms with E-state index in [4.69, 9.17) is 16.2 Å². The molecule has 48 heavy (non-hydrogen) atoms. The fraction of sp³-hybridized carbons (Fsp3) is 0.441. The summed E-state index contributed by atoms with van der Waals surface area (Å²) in [6, 6.07) is 13.6. The van der Waals surface area contributed by atoms with Gasteiger partial charge in [-0.25, -0.2) is 13.2 Å². The third-order valence-corrected chi connectivity index (χ3v) is 8.99. The van der Waals surface area contributed by atoms with Crippen molar-refractivity contribution in [2.45, 2.75) is 64.0 Å². The molecule has 14 heteroatoms. The molecule has 13 nitrogen and oxygen atoms in total. The van der Waals surface area contributed by atoms with Crippen molar-refractivity contribution < 1.29 is 37.4 Å². The third-order valence-electron chi connectivity index (χ3n) is 8.34. The Morgan fingerprint density at radius 2 is 1.60 bits per heavy atom. The number of fused-ring (bicyclic) bond motifs is 3. The van der Waals surface area contributed by atoms with E-state index in [1.165, 1.54) is 0 Å². The van der Waals surface area contributed by atoms with Gasteiger partial charge in [-0.15, -0.1) is 0 Å². The minimum absolute atomic E-state index is 0.0403. The highest BCUT2D eigenvalue weighted by molar-refractivity contribution is 7.93. The third kappa shape index (κ3) is 11.2. The van der Waals surface area contributed by atoms with E-state index in [-0.39, 0.29) is 43.8 Å². The Kier molecular flexibility index (Phi) is 13.7. The topological polar surface area (TPSA) is 220 Å². The number of nitrogens with two attached hydrogens (primary N) is 2. The number of hydrogen-bond donors (Lipinski definition) is 5. The highest BCUT2D eigenvalue weighted by Gasteiger charge is 2.33. The Balaban J connectivity index is 1.75. The molecule has 0 saturated carbocycles. The molecule has 0 aromatic heterocycles. The molecule has 2 amide bonds. The largest absolute Gasteiger partial charge is 0.481 e. The second-order valence-corrected chi connectivity index (χ2v) is 13.9. The Morgan fingerprint density at radius 3 is 2.15 bits per heavy atom. The second-order valence-electron chi connectivity index (χ2n) is 12.0. The Labute approximate surface area is 281 Å². The summed E-state index contributed by atoms with van der Waals surface area (Å²) in [5.41, 5.74) is 15.1. The Hall–Kier alpha value is -4.72. The van der Waals surface area contributed by atoms with Crippen molar-refractivity contribution >= 4 is 39.5 Å². The number of ketones is 1. The number of nitrogens with zero attached hydrogens (tertiary/aromatic N) is 1. The Morgan fingerprint density at radius 1 is 1.00 bits per heavy atom. The number of sulfone groups is 1. The van der Waals surface area contributed by atoms with Gasteiger partial charge in [-0.3, -0.25) is 19.4 Å². The van der Waals surface area contributed by atoms with Gasteiger partial charge >= 0.3 is 12.1 Å². The van der Waals surface area contributed by atoms with Gasteiger partial charge in [-0.05, 0) is 41.0 Å². The molecule has 260 valence electrons. The number of amides is 2. The summed E-state index contributed by atoms with van der Waals surface area (Å²) in [4.78, 5) is 55.7. The number of aliphatic imine (C=N–C) groups is 1. The number of nitrogens with one attached hydrogen (secondary N) is 2. The summed E-state index contributed by atoms with van der Waals surface area (Å²) < 4.78 is 28.9. The van der Waals surface area contributed by atoms with Gasteiger partial charge in [0.05, 0.1) is 18.5 Å². The zero-order valence-corrected chi connectivity index (χ0v) is 28.2. The molecule has 0 radical (unpaired) electrons. The van der Waals surface area contributed by atoms with E-state index < -0.39 is 58.0 Å². The number of carboxylic acid groups (broad SMARTS) is 1. The first-order valence-corrected chi connectivity index (χ1v) is 17.8.